The first-order chi connectivity index (χ1) is 7.54. The van der Waals surface area contributed by atoms with Crippen molar-refractivity contribution in [1.29, 1.82) is 0 Å². The minimum absolute atomic E-state index is 0.686. The fourth-order valence-corrected chi connectivity index (χ4v) is 2.26. The van der Waals surface area contributed by atoms with E-state index in [2.05, 4.69) is 51.4 Å². The first-order valence-electron chi connectivity index (χ1n) is 5.84. The lowest BCUT2D eigenvalue weighted by molar-refractivity contribution is 0.679. The maximum atomic E-state index is 3.53. The zero-order valence-corrected chi connectivity index (χ0v) is 11.9. The van der Waals surface area contributed by atoms with Gasteiger partial charge in [-0.05, 0) is 43.7 Å². The van der Waals surface area contributed by atoms with Gasteiger partial charge < -0.3 is 5.32 Å². The summed E-state index contributed by atoms with van der Waals surface area (Å²) in [5.74, 6) is 0. The lowest BCUT2D eigenvalue weighted by Crippen LogP contribution is -2.22. The second kappa shape index (κ2) is 6.31. The maximum absolute atomic E-state index is 3.53. The number of hydrogen-bond donors (Lipinski definition) is 1. The lowest BCUT2D eigenvalue weighted by Gasteiger charge is -2.14. The molecule has 0 fully saturated rings. The molecule has 0 amide bonds. The first-order valence-corrected chi connectivity index (χ1v) is 7.13. The largest absolute Gasteiger partial charge is 0.312 e. The standard InChI is InChI=1S/C14H23NS/c1-10-6-11(2)14(12(3)7-10)9-15-8-13(4)16-5/h6-7,13,15H,8-9H2,1-5H3. The minimum Gasteiger partial charge on any atom is -0.312 e. The molecule has 0 radical (unpaired) electrons. The van der Waals surface area contributed by atoms with Crippen molar-refractivity contribution in [3.05, 3.63) is 34.4 Å². The predicted molar refractivity (Wildman–Crippen MR) is 75.3 cm³/mol. The highest BCUT2D eigenvalue weighted by molar-refractivity contribution is 7.99. The Morgan fingerprint density at radius 3 is 2.25 bits per heavy atom. The molecule has 2 heteroatoms. The molecule has 1 nitrogen and oxygen atoms in total. The van der Waals surface area contributed by atoms with Gasteiger partial charge in [-0.15, -0.1) is 0 Å². The van der Waals surface area contributed by atoms with Gasteiger partial charge in [-0.1, -0.05) is 24.6 Å². The fourth-order valence-electron chi connectivity index (χ4n) is 1.97. The van der Waals surface area contributed by atoms with Crippen molar-refractivity contribution in [3.8, 4) is 0 Å². The van der Waals surface area contributed by atoms with Crippen LogP contribution in [-0.4, -0.2) is 18.1 Å². The third-order valence-electron chi connectivity index (χ3n) is 2.98. The Labute approximate surface area is 104 Å². The molecule has 0 heterocycles. The molecule has 1 rings (SSSR count). The third kappa shape index (κ3) is 3.84. The average Bonchev–Trinajstić information content (AvgIpc) is 2.21. The van der Waals surface area contributed by atoms with E-state index in [0.717, 1.165) is 13.1 Å². The van der Waals surface area contributed by atoms with Gasteiger partial charge in [0.1, 0.15) is 0 Å². The molecular weight excluding hydrogens is 214 g/mol. The molecule has 0 saturated heterocycles. The molecule has 0 aliphatic heterocycles. The summed E-state index contributed by atoms with van der Waals surface area (Å²) < 4.78 is 0. The average molecular weight is 237 g/mol. The molecule has 0 aromatic heterocycles. The van der Waals surface area contributed by atoms with E-state index in [9.17, 15) is 0 Å². The van der Waals surface area contributed by atoms with Crippen molar-refractivity contribution in [2.45, 2.75) is 39.5 Å². The molecule has 1 N–H and O–H groups in total. The molecule has 0 aliphatic carbocycles. The summed E-state index contributed by atoms with van der Waals surface area (Å²) in [6.45, 7) is 10.9. The van der Waals surface area contributed by atoms with Crippen LogP contribution in [0.5, 0.6) is 0 Å². The SMILES string of the molecule is CSC(C)CNCc1c(C)cc(C)cc1C. The van der Waals surface area contributed by atoms with Crippen LogP contribution in [0, 0.1) is 20.8 Å². The van der Waals surface area contributed by atoms with Gasteiger partial charge in [0.15, 0.2) is 0 Å². The topological polar surface area (TPSA) is 12.0 Å². The Balaban J connectivity index is 2.60. The van der Waals surface area contributed by atoms with Crippen LogP contribution >= 0.6 is 11.8 Å². The van der Waals surface area contributed by atoms with Crippen LogP contribution in [0.2, 0.25) is 0 Å². The van der Waals surface area contributed by atoms with Gasteiger partial charge in [0, 0.05) is 18.3 Å². The quantitative estimate of drug-likeness (QED) is 0.842. The maximum Gasteiger partial charge on any atom is 0.0211 e. The first kappa shape index (κ1) is 13.6. The van der Waals surface area contributed by atoms with Crippen molar-refractivity contribution >= 4 is 11.8 Å². The highest BCUT2D eigenvalue weighted by Gasteiger charge is 2.04. The summed E-state index contributed by atoms with van der Waals surface area (Å²) in [5.41, 5.74) is 5.62. The normalized spacial score (nSPS) is 12.8. The Hall–Kier alpha value is -0.470. The van der Waals surface area contributed by atoms with E-state index >= 15 is 0 Å². The monoisotopic (exact) mass is 237 g/mol. The number of aryl methyl sites for hydroxylation is 3. The van der Waals surface area contributed by atoms with E-state index in [4.69, 9.17) is 0 Å². The van der Waals surface area contributed by atoms with Crippen LogP contribution in [0.15, 0.2) is 12.1 Å². The Morgan fingerprint density at radius 2 is 1.75 bits per heavy atom. The summed E-state index contributed by atoms with van der Waals surface area (Å²) in [5, 5.41) is 4.22. The molecule has 0 bridgehead atoms. The van der Waals surface area contributed by atoms with Gasteiger partial charge in [-0.25, -0.2) is 0 Å². The Morgan fingerprint density at radius 1 is 1.19 bits per heavy atom. The highest BCUT2D eigenvalue weighted by Crippen LogP contribution is 2.16. The van der Waals surface area contributed by atoms with Crippen molar-refractivity contribution in [1.82, 2.24) is 5.32 Å². The molecule has 0 saturated carbocycles. The van der Waals surface area contributed by atoms with Crippen LogP contribution in [0.4, 0.5) is 0 Å². The fraction of sp³-hybridized carbons (Fsp3) is 0.571. The molecule has 1 aromatic rings. The van der Waals surface area contributed by atoms with E-state index in [0.29, 0.717) is 5.25 Å². The second-order valence-corrected chi connectivity index (χ2v) is 5.83. The van der Waals surface area contributed by atoms with E-state index in [1.54, 1.807) is 0 Å². The Bertz CT molecular complexity index is 324. The smallest absolute Gasteiger partial charge is 0.0211 e. The van der Waals surface area contributed by atoms with Gasteiger partial charge >= 0.3 is 0 Å². The van der Waals surface area contributed by atoms with E-state index in [1.165, 1.54) is 22.3 Å². The van der Waals surface area contributed by atoms with Gasteiger partial charge in [-0.3, -0.25) is 0 Å². The third-order valence-corrected chi connectivity index (χ3v) is 3.95. The number of hydrogen-bond acceptors (Lipinski definition) is 2. The van der Waals surface area contributed by atoms with E-state index in [-0.39, 0.29) is 0 Å². The number of nitrogens with one attached hydrogen (secondary N) is 1. The van der Waals surface area contributed by atoms with E-state index < -0.39 is 0 Å². The van der Waals surface area contributed by atoms with Gasteiger partial charge in [0.2, 0.25) is 0 Å². The van der Waals surface area contributed by atoms with Crippen LogP contribution < -0.4 is 5.32 Å². The Kier molecular flexibility index (Phi) is 5.36. The zero-order chi connectivity index (χ0) is 12.1. The summed E-state index contributed by atoms with van der Waals surface area (Å²) in [6, 6.07) is 4.53. The molecular formula is C14H23NS. The summed E-state index contributed by atoms with van der Waals surface area (Å²) >= 11 is 1.91. The number of rotatable bonds is 5. The number of thioether (sulfide) groups is 1. The zero-order valence-electron chi connectivity index (χ0n) is 11.1. The molecule has 1 atom stereocenters. The van der Waals surface area contributed by atoms with Gasteiger partial charge in [0.25, 0.3) is 0 Å². The van der Waals surface area contributed by atoms with Crippen molar-refractivity contribution in [3.63, 3.8) is 0 Å². The molecule has 1 aromatic carbocycles. The minimum atomic E-state index is 0.686. The molecule has 16 heavy (non-hydrogen) atoms. The summed E-state index contributed by atoms with van der Waals surface area (Å²) in [7, 11) is 0. The van der Waals surface area contributed by atoms with Gasteiger partial charge in [0.05, 0.1) is 0 Å². The molecule has 90 valence electrons. The van der Waals surface area contributed by atoms with Crippen molar-refractivity contribution < 1.29 is 0 Å². The van der Waals surface area contributed by atoms with Gasteiger partial charge in [-0.2, -0.15) is 11.8 Å². The predicted octanol–water partition coefficient (Wildman–Crippen LogP) is 3.45. The molecule has 0 aliphatic rings. The van der Waals surface area contributed by atoms with Crippen molar-refractivity contribution in [2.75, 3.05) is 12.8 Å². The molecule has 0 spiro atoms. The molecule has 1 unspecified atom stereocenters. The number of benzene rings is 1. The van der Waals surface area contributed by atoms with Crippen LogP contribution in [0.25, 0.3) is 0 Å². The van der Waals surface area contributed by atoms with Crippen LogP contribution in [0.1, 0.15) is 29.2 Å². The lowest BCUT2D eigenvalue weighted by atomic mass is 10.00. The summed E-state index contributed by atoms with van der Waals surface area (Å²) in [4.78, 5) is 0. The van der Waals surface area contributed by atoms with Crippen LogP contribution in [0.3, 0.4) is 0 Å². The van der Waals surface area contributed by atoms with Crippen molar-refractivity contribution in [2.24, 2.45) is 0 Å². The second-order valence-electron chi connectivity index (χ2n) is 4.55. The van der Waals surface area contributed by atoms with Crippen LogP contribution in [-0.2, 0) is 6.54 Å². The summed E-state index contributed by atoms with van der Waals surface area (Å²) in [6.07, 6.45) is 2.16. The highest BCUT2D eigenvalue weighted by atomic mass is 32.2. The van der Waals surface area contributed by atoms with E-state index in [1.807, 2.05) is 11.8 Å².